The number of fused-ring (bicyclic) bond motifs is 7. The fourth-order valence-corrected chi connectivity index (χ4v) is 13.0. The van der Waals surface area contributed by atoms with E-state index in [-0.39, 0.29) is 6.42 Å². The smallest absolute Gasteiger partial charge is 0.303 e. The fourth-order valence-electron chi connectivity index (χ4n) is 13.0. The van der Waals surface area contributed by atoms with E-state index in [1.807, 2.05) is 0 Å². The molecule has 1 heterocycles. The molecule has 0 aromatic rings. The molecule has 0 amide bonds. The second kappa shape index (κ2) is 12.2. The lowest BCUT2D eigenvalue weighted by atomic mass is 9.34. The van der Waals surface area contributed by atoms with Gasteiger partial charge in [-0.1, -0.05) is 53.2 Å². The summed E-state index contributed by atoms with van der Waals surface area (Å²) in [5.74, 6) is 3.91. The zero-order valence-corrected chi connectivity index (χ0v) is 28.3. The van der Waals surface area contributed by atoms with Gasteiger partial charge in [0, 0.05) is 25.2 Å². The Hall–Kier alpha value is -1.13. The van der Waals surface area contributed by atoms with Crippen LogP contribution in [-0.2, 0) is 9.53 Å². The fraction of sp³-hybridized carbons (Fsp3) is 0.872. The molecule has 2 N–H and O–H groups in total. The van der Waals surface area contributed by atoms with Gasteiger partial charge in [-0.2, -0.15) is 0 Å². The second-order valence-corrected chi connectivity index (χ2v) is 16.8. The Kier molecular flexibility index (Phi) is 9.06. The first-order chi connectivity index (χ1) is 20.6. The summed E-state index contributed by atoms with van der Waals surface area (Å²) >= 11 is 0. The number of carbonyl (C=O) groups is 1. The Labute approximate surface area is 263 Å². The molecule has 0 radical (unpaired) electrons. The summed E-state index contributed by atoms with van der Waals surface area (Å²) in [7, 11) is 0. The minimum Gasteiger partial charge on any atom is -0.481 e. The van der Waals surface area contributed by atoms with E-state index >= 15 is 0 Å². The predicted octanol–water partition coefficient (Wildman–Crippen LogP) is 9.35. The Morgan fingerprint density at radius 3 is 2.49 bits per heavy atom. The number of allylic oxidation sites excluding steroid dienone is 4. The van der Waals surface area contributed by atoms with Gasteiger partial charge in [-0.3, -0.25) is 4.79 Å². The number of carboxylic acid groups (broad SMARTS) is 1. The van der Waals surface area contributed by atoms with E-state index in [0.717, 1.165) is 43.3 Å². The molecular weight excluding hydrogens is 530 g/mol. The van der Waals surface area contributed by atoms with Crippen molar-refractivity contribution in [3.8, 4) is 0 Å². The SMILES string of the molecule is CC/C=C(\CCC(=O)O)C1=CC[C@@]2(C)C(CC[C@]3(C)C2CC[C@@H]2C4CCC[C@]4(NCCC4CCOCC4)CC[C@]23C)C1C. The molecule has 0 aromatic carbocycles. The number of nitrogens with one attached hydrogen (secondary N) is 1. The highest BCUT2D eigenvalue weighted by atomic mass is 16.5. The maximum absolute atomic E-state index is 11.4. The average molecular weight is 594 g/mol. The van der Waals surface area contributed by atoms with E-state index in [1.165, 1.54) is 101 Å². The molecule has 1 saturated heterocycles. The van der Waals surface area contributed by atoms with E-state index in [0.29, 0.717) is 40.0 Å². The number of carboxylic acids is 1. The highest BCUT2D eigenvalue weighted by molar-refractivity contribution is 5.67. The van der Waals surface area contributed by atoms with Gasteiger partial charge >= 0.3 is 5.97 Å². The molecule has 9 atom stereocenters. The maximum atomic E-state index is 11.4. The molecule has 0 aromatic heterocycles. The number of hydrogen-bond donors (Lipinski definition) is 2. The molecule has 4 nitrogen and oxygen atoms in total. The van der Waals surface area contributed by atoms with Crippen molar-refractivity contribution in [1.29, 1.82) is 0 Å². The normalized spacial score (nSPS) is 45.0. The van der Waals surface area contributed by atoms with E-state index in [1.54, 1.807) is 0 Å². The van der Waals surface area contributed by atoms with E-state index < -0.39 is 5.97 Å². The molecule has 5 fully saturated rings. The van der Waals surface area contributed by atoms with Crippen molar-refractivity contribution in [2.75, 3.05) is 19.8 Å². The lowest BCUT2D eigenvalue weighted by Gasteiger charge is -2.71. The van der Waals surface area contributed by atoms with Crippen molar-refractivity contribution in [3.63, 3.8) is 0 Å². The lowest BCUT2D eigenvalue weighted by molar-refractivity contribution is -0.212. The van der Waals surface area contributed by atoms with E-state index in [4.69, 9.17) is 4.74 Å². The monoisotopic (exact) mass is 593 g/mol. The number of rotatable bonds is 9. The third kappa shape index (κ3) is 5.31. The molecule has 4 saturated carbocycles. The summed E-state index contributed by atoms with van der Waals surface area (Å²) in [5, 5.41) is 13.7. The van der Waals surface area contributed by atoms with Crippen molar-refractivity contribution in [2.45, 2.75) is 143 Å². The quantitative estimate of drug-likeness (QED) is 0.280. The van der Waals surface area contributed by atoms with Crippen LogP contribution in [0, 0.1) is 51.8 Å². The highest BCUT2D eigenvalue weighted by Crippen LogP contribution is 2.75. The van der Waals surface area contributed by atoms with Crippen LogP contribution in [0.5, 0.6) is 0 Å². The number of aliphatic carboxylic acids is 1. The van der Waals surface area contributed by atoms with Crippen molar-refractivity contribution >= 4 is 5.97 Å². The van der Waals surface area contributed by atoms with Gasteiger partial charge in [0.25, 0.3) is 0 Å². The zero-order chi connectivity index (χ0) is 30.5. The van der Waals surface area contributed by atoms with Gasteiger partial charge in [-0.25, -0.2) is 0 Å². The minimum atomic E-state index is -0.678. The molecule has 242 valence electrons. The lowest BCUT2D eigenvalue weighted by Crippen LogP contribution is -2.67. The second-order valence-electron chi connectivity index (χ2n) is 16.8. The van der Waals surface area contributed by atoms with Gasteiger partial charge in [-0.15, -0.1) is 0 Å². The molecule has 43 heavy (non-hydrogen) atoms. The molecule has 4 heteroatoms. The maximum Gasteiger partial charge on any atom is 0.303 e. The standard InChI is InChI=1S/C39H63NO3/c1-6-8-29(10-13-35(41)42)30-14-20-36(3)31(27(30)2)15-21-38(5)34(36)12-11-32-33-9-7-19-39(33,23-22-37(32,38)4)40-24-16-28-17-25-43-26-18-28/h8,14,27-28,31-34,40H,6-7,9-13,15-26H2,1-5H3,(H,41,42)/b29-8+/t27?,31?,32-,33?,34?,36+,37-,38-,39+/m1/s1. The largest absolute Gasteiger partial charge is 0.481 e. The van der Waals surface area contributed by atoms with Gasteiger partial charge in [0.05, 0.1) is 0 Å². The van der Waals surface area contributed by atoms with Gasteiger partial charge in [0.1, 0.15) is 0 Å². The van der Waals surface area contributed by atoms with E-state index in [9.17, 15) is 9.90 Å². The van der Waals surface area contributed by atoms with Crippen LogP contribution < -0.4 is 5.32 Å². The Morgan fingerprint density at radius 2 is 1.74 bits per heavy atom. The molecule has 6 aliphatic rings. The van der Waals surface area contributed by atoms with Crippen LogP contribution in [-0.4, -0.2) is 36.4 Å². The van der Waals surface area contributed by atoms with Gasteiger partial charge in [0.15, 0.2) is 0 Å². The van der Waals surface area contributed by atoms with Gasteiger partial charge in [-0.05, 0) is 159 Å². The first kappa shape index (κ1) is 31.8. The van der Waals surface area contributed by atoms with Crippen LogP contribution in [0.15, 0.2) is 23.3 Å². The number of ether oxygens (including phenoxy) is 1. The van der Waals surface area contributed by atoms with Crippen LogP contribution in [0.2, 0.25) is 0 Å². The molecule has 6 rings (SSSR count). The van der Waals surface area contributed by atoms with Crippen LogP contribution in [0.1, 0.15) is 137 Å². The minimum absolute atomic E-state index is 0.241. The van der Waals surface area contributed by atoms with Crippen LogP contribution >= 0.6 is 0 Å². The van der Waals surface area contributed by atoms with Crippen LogP contribution in [0.3, 0.4) is 0 Å². The van der Waals surface area contributed by atoms with E-state index in [2.05, 4.69) is 52.1 Å². The topological polar surface area (TPSA) is 58.6 Å². The van der Waals surface area contributed by atoms with Gasteiger partial charge in [0.2, 0.25) is 0 Å². The average Bonchev–Trinajstić information content (AvgIpc) is 3.40. The molecule has 4 unspecified atom stereocenters. The van der Waals surface area contributed by atoms with Crippen molar-refractivity contribution in [3.05, 3.63) is 23.3 Å². The van der Waals surface area contributed by atoms with Crippen LogP contribution in [0.4, 0.5) is 0 Å². The summed E-state index contributed by atoms with van der Waals surface area (Å²) in [6.07, 6.45) is 24.4. The highest BCUT2D eigenvalue weighted by Gasteiger charge is 2.68. The Balaban J connectivity index is 1.20. The summed E-state index contributed by atoms with van der Waals surface area (Å²) in [6, 6.07) is 0. The molecule has 5 aliphatic carbocycles. The Bertz CT molecular complexity index is 1090. The predicted molar refractivity (Wildman–Crippen MR) is 176 cm³/mol. The van der Waals surface area contributed by atoms with Crippen LogP contribution in [0.25, 0.3) is 0 Å². The third-order valence-electron chi connectivity index (χ3n) is 15.4. The number of hydrogen-bond acceptors (Lipinski definition) is 3. The van der Waals surface area contributed by atoms with Crippen molar-refractivity contribution in [2.24, 2.45) is 51.8 Å². The first-order valence-electron chi connectivity index (χ1n) is 18.5. The summed E-state index contributed by atoms with van der Waals surface area (Å²) in [5.41, 5.74) is 4.39. The summed E-state index contributed by atoms with van der Waals surface area (Å²) in [6.45, 7) is 16.0. The Morgan fingerprint density at radius 1 is 0.953 bits per heavy atom. The molecular formula is C39H63NO3. The first-order valence-corrected chi connectivity index (χ1v) is 18.5. The molecule has 1 aliphatic heterocycles. The third-order valence-corrected chi connectivity index (χ3v) is 15.4. The van der Waals surface area contributed by atoms with Crippen molar-refractivity contribution < 1.29 is 14.6 Å². The zero-order valence-electron chi connectivity index (χ0n) is 28.3. The molecule has 0 bridgehead atoms. The van der Waals surface area contributed by atoms with Gasteiger partial charge < -0.3 is 15.2 Å². The summed E-state index contributed by atoms with van der Waals surface area (Å²) in [4.78, 5) is 11.4. The molecule has 0 spiro atoms. The van der Waals surface area contributed by atoms with Crippen molar-refractivity contribution in [1.82, 2.24) is 5.32 Å². The summed E-state index contributed by atoms with van der Waals surface area (Å²) < 4.78 is 5.63.